The Morgan fingerprint density at radius 1 is 0.897 bits per heavy atom. The summed E-state index contributed by atoms with van der Waals surface area (Å²) in [6.45, 7) is 12.4. The van der Waals surface area contributed by atoms with E-state index in [1.165, 1.54) is 33.4 Å². The molecule has 3 rings (SSSR count). The van der Waals surface area contributed by atoms with Crippen molar-refractivity contribution in [3.05, 3.63) is 75.9 Å². The first-order chi connectivity index (χ1) is 13.8. The highest BCUT2D eigenvalue weighted by atomic mass is 16.5. The largest absolute Gasteiger partial charge is 0.386 e. The molecule has 1 saturated heterocycles. The van der Waals surface area contributed by atoms with Crippen LogP contribution in [0.25, 0.3) is 6.08 Å². The summed E-state index contributed by atoms with van der Waals surface area (Å²) < 4.78 is 5.38. The molecule has 0 aliphatic carbocycles. The first kappa shape index (κ1) is 21.8. The molecule has 0 aromatic heterocycles. The molecule has 0 bridgehead atoms. The van der Waals surface area contributed by atoms with Crippen LogP contribution in [0, 0.1) is 20.8 Å². The summed E-state index contributed by atoms with van der Waals surface area (Å²) in [6, 6.07) is 13.8. The maximum Gasteiger partial charge on any atom is 0.0874 e. The molecule has 1 aliphatic rings. The normalized spacial score (nSPS) is 17.0. The van der Waals surface area contributed by atoms with Crippen molar-refractivity contribution in [1.29, 1.82) is 0 Å². The third-order valence-corrected chi connectivity index (χ3v) is 7.02. The maximum absolute atomic E-state index is 10.7. The van der Waals surface area contributed by atoms with Crippen LogP contribution in [-0.2, 0) is 10.2 Å². The van der Waals surface area contributed by atoms with Crippen molar-refractivity contribution in [1.82, 2.24) is 0 Å². The van der Waals surface area contributed by atoms with Crippen molar-refractivity contribution in [3.63, 3.8) is 0 Å². The summed E-state index contributed by atoms with van der Waals surface area (Å²) in [5.74, 6) is 0. The van der Waals surface area contributed by atoms with E-state index in [0.717, 1.165) is 12.8 Å². The molecule has 0 amide bonds. The highest BCUT2D eigenvalue weighted by Gasteiger charge is 2.31. The SMILES string of the molecule is CCC(CC)(c1ccc(C)c(C)c1)c1ccc(/C=C/C2(O)CCOCC2)c(C)c1. The number of aryl methyl sites for hydroxylation is 3. The molecule has 1 fully saturated rings. The Bertz CT molecular complexity index is 868. The molecule has 2 nitrogen and oxygen atoms in total. The number of aliphatic hydroxyl groups is 1. The Morgan fingerprint density at radius 3 is 2.03 bits per heavy atom. The molecule has 0 radical (unpaired) electrons. The average Bonchev–Trinajstić information content (AvgIpc) is 2.72. The zero-order chi connectivity index (χ0) is 21.1. The Hall–Kier alpha value is -1.90. The van der Waals surface area contributed by atoms with E-state index < -0.39 is 5.60 Å². The molecule has 0 saturated carbocycles. The average molecular weight is 393 g/mol. The van der Waals surface area contributed by atoms with Crippen molar-refractivity contribution in [2.75, 3.05) is 13.2 Å². The van der Waals surface area contributed by atoms with Crippen molar-refractivity contribution < 1.29 is 9.84 Å². The topological polar surface area (TPSA) is 29.5 Å². The van der Waals surface area contributed by atoms with Gasteiger partial charge in [-0.1, -0.05) is 62.4 Å². The van der Waals surface area contributed by atoms with E-state index in [2.05, 4.69) is 77.1 Å². The highest BCUT2D eigenvalue weighted by molar-refractivity contribution is 5.57. The molecule has 2 aromatic carbocycles. The Morgan fingerprint density at radius 2 is 1.48 bits per heavy atom. The molecule has 0 atom stereocenters. The van der Waals surface area contributed by atoms with E-state index in [9.17, 15) is 5.11 Å². The molecule has 0 spiro atoms. The van der Waals surface area contributed by atoms with Crippen molar-refractivity contribution >= 4 is 6.08 Å². The lowest BCUT2D eigenvalue weighted by atomic mass is 9.69. The van der Waals surface area contributed by atoms with Gasteiger partial charge in [0.15, 0.2) is 0 Å². The van der Waals surface area contributed by atoms with Gasteiger partial charge in [0.2, 0.25) is 0 Å². The lowest BCUT2D eigenvalue weighted by Crippen LogP contribution is -2.33. The van der Waals surface area contributed by atoms with Crippen LogP contribution in [0.2, 0.25) is 0 Å². The smallest absolute Gasteiger partial charge is 0.0874 e. The standard InChI is InChI=1S/C27H36O2/c1-6-27(7-2,24-10-8-20(3)21(4)18-24)25-11-9-23(22(5)19-25)12-13-26(28)14-16-29-17-15-26/h8-13,18-19,28H,6-7,14-17H2,1-5H3/b13-12+. The monoisotopic (exact) mass is 392 g/mol. The van der Waals surface area contributed by atoms with Crippen LogP contribution >= 0.6 is 0 Å². The third kappa shape index (κ3) is 4.49. The van der Waals surface area contributed by atoms with Crippen molar-refractivity contribution in [2.45, 2.75) is 71.3 Å². The second-order valence-corrected chi connectivity index (χ2v) is 8.71. The molecule has 156 valence electrons. The summed E-state index contributed by atoms with van der Waals surface area (Å²) in [5.41, 5.74) is 7.21. The van der Waals surface area contributed by atoms with Crippen LogP contribution in [-0.4, -0.2) is 23.9 Å². The first-order valence-electron chi connectivity index (χ1n) is 11.0. The Kier molecular flexibility index (Phi) is 6.65. The molecular formula is C27H36O2. The molecule has 1 heterocycles. The molecule has 2 aromatic rings. The number of hydrogen-bond donors (Lipinski definition) is 1. The van der Waals surface area contributed by atoms with Crippen molar-refractivity contribution in [3.8, 4) is 0 Å². The summed E-state index contributed by atoms with van der Waals surface area (Å²) in [7, 11) is 0. The molecule has 1 N–H and O–H groups in total. The van der Waals surface area contributed by atoms with Crippen LogP contribution in [0.4, 0.5) is 0 Å². The molecule has 29 heavy (non-hydrogen) atoms. The molecular weight excluding hydrogens is 356 g/mol. The number of rotatable bonds is 6. The van der Waals surface area contributed by atoms with Crippen LogP contribution < -0.4 is 0 Å². The van der Waals surface area contributed by atoms with Crippen LogP contribution in [0.3, 0.4) is 0 Å². The van der Waals surface area contributed by atoms with Gasteiger partial charge in [-0.05, 0) is 67.0 Å². The molecule has 2 heteroatoms. The van der Waals surface area contributed by atoms with Gasteiger partial charge in [-0.2, -0.15) is 0 Å². The minimum absolute atomic E-state index is 0.0321. The fraction of sp³-hybridized carbons (Fsp3) is 0.481. The lowest BCUT2D eigenvalue weighted by Gasteiger charge is -2.34. The number of benzene rings is 2. The van der Waals surface area contributed by atoms with Gasteiger partial charge in [0.25, 0.3) is 0 Å². The van der Waals surface area contributed by atoms with Gasteiger partial charge in [-0.25, -0.2) is 0 Å². The van der Waals surface area contributed by atoms with E-state index >= 15 is 0 Å². The zero-order valence-corrected chi connectivity index (χ0v) is 18.7. The fourth-order valence-corrected chi connectivity index (χ4v) is 4.57. The summed E-state index contributed by atoms with van der Waals surface area (Å²) in [5, 5.41) is 10.7. The zero-order valence-electron chi connectivity index (χ0n) is 18.7. The fourth-order valence-electron chi connectivity index (χ4n) is 4.57. The summed E-state index contributed by atoms with van der Waals surface area (Å²) >= 11 is 0. The van der Waals surface area contributed by atoms with Gasteiger partial charge in [0.1, 0.15) is 0 Å². The number of hydrogen-bond acceptors (Lipinski definition) is 2. The van der Waals surface area contributed by atoms with Crippen LogP contribution in [0.5, 0.6) is 0 Å². The maximum atomic E-state index is 10.7. The van der Waals surface area contributed by atoms with Gasteiger partial charge in [0, 0.05) is 31.5 Å². The Balaban J connectivity index is 1.95. The van der Waals surface area contributed by atoms with E-state index in [1.807, 2.05) is 6.08 Å². The van der Waals surface area contributed by atoms with Crippen LogP contribution in [0.1, 0.15) is 72.9 Å². The predicted molar refractivity (Wildman–Crippen MR) is 122 cm³/mol. The molecule has 1 aliphatic heterocycles. The molecule has 0 unspecified atom stereocenters. The second kappa shape index (κ2) is 8.85. The van der Waals surface area contributed by atoms with E-state index in [0.29, 0.717) is 26.1 Å². The highest BCUT2D eigenvalue weighted by Crippen LogP contribution is 2.40. The van der Waals surface area contributed by atoms with Crippen molar-refractivity contribution in [2.24, 2.45) is 0 Å². The second-order valence-electron chi connectivity index (χ2n) is 8.71. The first-order valence-corrected chi connectivity index (χ1v) is 11.0. The minimum Gasteiger partial charge on any atom is -0.386 e. The van der Waals surface area contributed by atoms with Gasteiger partial charge < -0.3 is 9.84 Å². The van der Waals surface area contributed by atoms with Crippen LogP contribution in [0.15, 0.2) is 42.5 Å². The van der Waals surface area contributed by atoms with Gasteiger partial charge >= 0.3 is 0 Å². The van der Waals surface area contributed by atoms with E-state index in [4.69, 9.17) is 4.74 Å². The van der Waals surface area contributed by atoms with E-state index in [1.54, 1.807) is 0 Å². The predicted octanol–water partition coefficient (Wildman–Crippen LogP) is 6.27. The number of ether oxygens (including phenoxy) is 1. The van der Waals surface area contributed by atoms with Gasteiger partial charge in [0.05, 0.1) is 5.60 Å². The quantitative estimate of drug-likeness (QED) is 0.627. The summed E-state index contributed by atoms with van der Waals surface area (Å²) in [6.07, 6.45) is 7.53. The van der Waals surface area contributed by atoms with Gasteiger partial charge in [-0.15, -0.1) is 0 Å². The van der Waals surface area contributed by atoms with Gasteiger partial charge in [-0.3, -0.25) is 0 Å². The summed E-state index contributed by atoms with van der Waals surface area (Å²) in [4.78, 5) is 0. The Labute approximate surface area is 176 Å². The van der Waals surface area contributed by atoms with E-state index in [-0.39, 0.29) is 5.41 Å². The third-order valence-electron chi connectivity index (χ3n) is 7.02. The lowest BCUT2D eigenvalue weighted by molar-refractivity contribution is -0.0317. The minimum atomic E-state index is -0.737.